The summed E-state index contributed by atoms with van der Waals surface area (Å²) in [5.74, 6) is 0. The van der Waals surface area contributed by atoms with E-state index in [-0.39, 0.29) is 11.2 Å². The van der Waals surface area contributed by atoms with Gasteiger partial charge in [0.2, 0.25) is 0 Å². The summed E-state index contributed by atoms with van der Waals surface area (Å²) in [5.41, 5.74) is -0.353. The zero-order valence-electron chi connectivity index (χ0n) is 6.93. The Bertz CT molecular complexity index is 120. The predicted molar refractivity (Wildman–Crippen MR) is 45.1 cm³/mol. The van der Waals surface area contributed by atoms with Crippen molar-refractivity contribution >= 4 is 18.7 Å². The first-order valence-electron chi connectivity index (χ1n) is 3.40. The van der Waals surface area contributed by atoms with Crippen LogP contribution in [0.4, 0.5) is 0 Å². The predicted octanol–water partition coefficient (Wildman–Crippen LogP) is 1.51. The van der Waals surface area contributed by atoms with Gasteiger partial charge in [0, 0.05) is 0 Å². The van der Waals surface area contributed by atoms with Crippen molar-refractivity contribution in [3.05, 3.63) is 0 Å². The van der Waals surface area contributed by atoms with Crippen molar-refractivity contribution in [2.24, 2.45) is 0 Å². The lowest BCUT2D eigenvalue weighted by Crippen LogP contribution is -2.51. The first-order chi connectivity index (χ1) is 4.46. The highest BCUT2D eigenvalue weighted by molar-refractivity contribution is 8.18. The molecular weight excluding hydrogens is 147 g/mol. The Kier molecular flexibility index (Phi) is 2.05. The molecule has 0 bridgehead atoms. The van der Waals surface area contributed by atoms with E-state index in [0.717, 1.165) is 0 Å². The minimum atomic E-state index is -0.185. The van der Waals surface area contributed by atoms with Crippen LogP contribution in [-0.2, 0) is 8.84 Å². The van der Waals surface area contributed by atoms with Gasteiger partial charge in [-0.05, 0) is 39.6 Å². The van der Waals surface area contributed by atoms with Crippen LogP contribution >= 0.6 is 11.9 Å². The molecule has 4 heteroatoms. The molecule has 1 fully saturated rings. The van der Waals surface area contributed by atoms with Crippen LogP contribution in [0.15, 0.2) is 0 Å². The van der Waals surface area contributed by atoms with Gasteiger partial charge in [-0.1, -0.05) is 0 Å². The van der Waals surface area contributed by atoms with Crippen LogP contribution in [0.3, 0.4) is 0 Å². The Morgan fingerprint density at radius 3 is 2.00 bits per heavy atom. The van der Waals surface area contributed by atoms with Crippen molar-refractivity contribution < 1.29 is 8.84 Å². The van der Waals surface area contributed by atoms with Gasteiger partial charge in [-0.15, -0.1) is 0 Å². The summed E-state index contributed by atoms with van der Waals surface area (Å²) in [4.78, 5) is 0. The quantitative estimate of drug-likeness (QED) is 0.395. The standard InChI is InChI=1S/C6H13BO2S/c1-5(2)6(3,4)9-10-7-8-5/h7H,1-4H3. The average molecular weight is 160 g/mol. The van der Waals surface area contributed by atoms with Crippen LogP contribution in [0.5, 0.6) is 0 Å². The Hall–Kier alpha value is 0.335. The third kappa shape index (κ3) is 1.33. The van der Waals surface area contributed by atoms with Crippen molar-refractivity contribution in [1.29, 1.82) is 0 Å². The van der Waals surface area contributed by atoms with Crippen LogP contribution in [-0.4, -0.2) is 18.0 Å². The molecule has 1 aliphatic heterocycles. The molecule has 1 saturated heterocycles. The molecule has 0 aromatic carbocycles. The average Bonchev–Trinajstić information content (AvgIpc) is 1.77. The van der Waals surface area contributed by atoms with Gasteiger partial charge >= 0.3 is 6.76 Å². The minimum absolute atomic E-state index is 0.168. The van der Waals surface area contributed by atoms with E-state index >= 15 is 0 Å². The topological polar surface area (TPSA) is 18.5 Å². The summed E-state index contributed by atoms with van der Waals surface area (Å²) in [7, 11) is 0. The summed E-state index contributed by atoms with van der Waals surface area (Å²) in [6.07, 6.45) is 0. The lowest BCUT2D eigenvalue weighted by molar-refractivity contribution is -0.0689. The fraction of sp³-hybridized carbons (Fsp3) is 1.00. The van der Waals surface area contributed by atoms with Gasteiger partial charge in [0.15, 0.2) is 0 Å². The Morgan fingerprint density at radius 1 is 1.10 bits per heavy atom. The number of rotatable bonds is 0. The summed E-state index contributed by atoms with van der Waals surface area (Å²) < 4.78 is 11.0. The molecule has 2 nitrogen and oxygen atoms in total. The molecule has 10 heavy (non-hydrogen) atoms. The molecule has 0 aromatic heterocycles. The van der Waals surface area contributed by atoms with Crippen molar-refractivity contribution in [1.82, 2.24) is 0 Å². The normalized spacial score (nSPS) is 29.2. The van der Waals surface area contributed by atoms with Crippen LogP contribution in [0.1, 0.15) is 27.7 Å². The molecule has 58 valence electrons. The fourth-order valence-corrected chi connectivity index (χ4v) is 1.50. The summed E-state index contributed by atoms with van der Waals surface area (Å²) in [6, 6.07) is 0. The van der Waals surface area contributed by atoms with Gasteiger partial charge in [0.1, 0.15) is 5.60 Å². The van der Waals surface area contributed by atoms with Crippen LogP contribution in [0.25, 0.3) is 0 Å². The maximum absolute atomic E-state index is 5.52. The van der Waals surface area contributed by atoms with E-state index in [1.165, 1.54) is 11.9 Å². The van der Waals surface area contributed by atoms with E-state index in [4.69, 9.17) is 8.84 Å². The molecule has 0 aliphatic carbocycles. The lowest BCUT2D eigenvalue weighted by atomic mass is 9.89. The van der Waals surface area contributed by atoms with Crippen LogP contribution in [0.2, 0.25) is 0 Å². The first kappa shape index (κ1) is 8.43. The third-order valence-electron chi connectivity index (χ3n) is 2.19. The summed E-state index contributed by atoms with van der Waals surface area (Å²) in [5, 5.41) is 0. The summed E-state index contributed by atoms with van der Waals surface area (Å²) >= 11 is 1.38. The molecule has 0 atom stereocenters. The van der Waals surface area contributed by atoms with E-state index in [9.17, 15) is 0 Å². The van der Waals surface area contributed by atoms with E-state index in [1.807, 2.05) is 27.7 Å². The highest BCUT2D eigenvalue weighted by atomic mass is 32.2. The smallest absolute Gasteiger partial charge is 0.375 e. The third-order valence-corrected chi connectivity index (χ3v) is 2.93. The van der Waals surface area contributed by atoms with Gasteiger partial charge in [0.05, 0.1) is 5.60 Å². The monoisotopic (exact) mass is 160 g/mol. The van der Waals surface area contributed by atoms with Crippen molar-refractivity contribution in [2.75, 3.05) is 0 Å². The van der Waals surface area contributed by atoms with Gasteiger partial charge in [0.25, 0.3) is 0 Å². The number of hydrogen-bond donors (Lipinski definition) is 0. The molecule has 0 spiro atoms. The zero-order valence-corrected chi connectivity index (χ0v) is 7.75. The Labute approximate surface area is 67.0 Å². The second-order valence-corrected chi connectivity index (χ2v) is 4.12. The van der Waals surface area contributed by atoms with Gasteiger partial charge in [-0.25, -0.2) is 0 Å². The highest BCUT2D eigenvalue weighted by Crippen LogP contribution is 2.36. The largest absolute Gasteiger partial charge is 0.419 e. The molecule has 0 aromatic rings. The van der Waals surface area contributed by atoms with Gasteiger partial charge < -0.3 is 8.84 Å². The maximum atomic E-state index is 5.52. The zero-order chi connectivity index (χ0) is 7.83. The van der Waals surface area contributed by atoms with Crippen LogP contribution in [0, 0.1) is 0 Å². The SMILES string of the molecule is CC1(C)OBSOC1(C)C. The van der Waals surface area contributed by atoms with E-state index in [0.29, 0.717) is 6.76 Å². The molecule has 1 rings (SSSR count). The van der Waals surface area contributed by atoms with Gasteiger partial charge in [-0.3, -0.25) is 0 Å². The van der Waals surface area contributed by atoms with E-state index in [1.54, 1.807) is 0 Å². The molecule has 0 saturated carbocycles. The van der Waals surface area contributed by atoms with Crippen molar-refractivity contribution in [3.8, 4) is 0 Å². The molecular formula is C6H13BO2S. The second kappa shape index (κ2) is 2.43. The molecule has 0 radical (unpaired) electrons. The molecule has 1 heterocycles. The maximum Gasteiger partial charge on any atom is 0.375 e. The van der Waals surface area contributed by atoms with Crippen LogP contribution < -0.4 is 0 Å². The molecule has 0 N–H and O–H groups in total. The number of hydrogen-bond acceptors (Lipinski definition) is 3. The van der Waals surface area contributed by atoms with E-state index < -0.39 is 0 Å². The second-order valence-electron chi connectivity index (χ2n) is 3.48. The van der Waals surface area contributed by atoms with Crippen molar-refractivity contribution in [2.45, 2.75) is 38.9 Å². The van der Waals surface area contributed by atoms with E-state index in [2.05, 4.69) is 0 Å². The minimum Gasteiger partial charge on any atom is -0.419 e. The molecule has 0 unspecified atom stereocenters. The molecule has 1 aliphatic rings. The fourth-order valence-electron chi connectivity index (χ4n) is 0.617. The van der Waals surface area contributed by atoms with Crippen molar-refractivity contribution in [3.63, 3.8) is 0 Å². The Morgan fingerprint density at radius 2 is 1.70 bits per heavy atom. The van der Waals surface area contributed by atoms with Gasteiger partial charge in [-0.2, -0.15) is 0 Å². The molecule has 0 amide bonds. The lowest BCUT2D eigenvalue weighted by Gasteiger charge is -2.43. The highest BCUT2D eigenvalue weighted by Gasteiger charge is 2.42. The summed E-state index contributed by atoms with van der Waals surface area (Å²) in [6.45, 7) is 8.81. The first-order valence-corrected chi connectivity index (χ1v) is 4.31. The Balaban J connectivity index is 2.70.